The topological polar surface area (TPSA) is 38.5 Å². The van der Waals surface area contributed by atoms with Gasteiger partial charge in [0.25, 0.3) is 0 Å². The smallest absolute Gasteiger partial charge is 0.0593 e. The van der Waals surface area contributed by atoms with E-state index < -0.39 is 0 Å². The summed E-state index contributed by atoms with van der Waals surface area (Å²) in [6.45, 7) is 11.3. The molecule has 0 amide bonds. The zero-order chi connectivity index (χ0) is 14.1. The van der Waals surface area contributed by atoms with Crippen LogP contribution in [0.25, 0.3) is 0 Å². The van der Waals surface area contributed by atoms with Gasteiger partial charge in [0.05, 0.1) is 6.61 Å². The lowest BCUT2D eigenvalue weighted by Crippen LogP contribution is -2.54. The molecule has 0 unspecified atom stereocenters. The van der Waals surface area contributed by atoms with Crippen LogP contribution >= 0.6 is 0 Å². The first-order valence-corrected chi connectivity index (χ1v) is 8.17. The van der Waals surface area contributed by atoms with Crippen LogP contribution in [0.1, 0.15) is 59.3 Å². The number of rotatable bonds is 8. The third-order valence-corrected chi connectivity index (χ3v) is 4.42. The molecule has 114 valence electrons. The minimum absolute atomic E-state index is 0.243. The standard InChI is InChI=1S/C16H34N2O/c1-4-18(11-12-19-13-15(2)3)16(14-17)9-7-5-6-8-10-16/h15H,4-14,17H2,1-3H3. The van der Waals surface area contributed by atoms with Crippen LogP contribution in [0.15, 0.2) is 0 Å². The van der Waals surface area contributed by atoms with Gasteiger partial charge in [0.15, 0.2) is 0 Å². The highest BCUT2D eigenvalue weighted by molar-refractivity contribution is 4.92. The minimum atomic E-state index is 0.243. The highest BCUT2D eigenvalue weighted by Crippen LogP contribution is 2.31. The number of hydrogen-bond donors (Lipinski definition) is 1. The van der Waals surface area contributed by atoms with E-state index in [4.69, 9.17) is 10.5 Å². The van der Waals surface area contributed by atoms with Crippen molar-refractivity contribution in [3.05, 3.63) is 0 Å². The maximum Gasteiger partial charge on any atom is 0.0593 e. The molecule has 1 rings (SSSR count). The normalized spacial score (nSPS) is 19.9. The van der Waals surface area contributed by atoms with E-state index in [9.17, 15) is 0 Å². The molecule has 0 aromatic rings. The lowest BCUT2D eigenvalue weighted by molar-refractivity contribution is 0.0326. The van der Waals surface area contributed by atoms with Crippen molar-refractivity contribution in [2.24, 2.45) is 11.7 Å². The van der Waals surface area contributed by atoms with Crippen molar-refractivity contribution in [3.63, 3.8) is 0 Å². The van der Waals surface area contributed by atoms with Crippen molar-refractivity contribution in [1.82, 2.24) is 4.90 Å². The third kappa shape index (κ3) is 5.41. The molecule has 0 aliphatic heterocycles. The molecule has 3 heteroatoms. The van der Waals surface area contributed by atoms with Crippen LogP contribution < -0.4 is 5.73 Å². The predicted octanol–water partition coefficient (Wildman–Crippen LogP) is 3.03. The summed E-state index contributed by atoms with van der Waals surface area (Å²) < 4.78 is 5.76. The van der Waals surface area contributed by atoms with E-state index in [0.29, 0.717) is 5.92 Å². The number of nitrogens with zero attached hydrogens (tertiary/aromatic N) is 1. The van der Waals surface area contributed by atoms with Crippen LogP contribution in [0, 0.1) is 5.92 Å². The van der Waals surface area contributed by atoms with Gasteiger partial charge in [0.2, 0.25) is 0 Å². The van der Waals surface area contributed by atoms with Gasteiger partial charge < -0.3 is 10.5 Å². The van der Waals surface area contributed by atoms with Crippen molar-refractivity contribution < 1.29 is 4.74 Å². The lowest BCUT2D eigenvalue weighted by Gasteiger charge is -2.43. The Morgan fingerprint density at radius 1 is 1.16 bits per heavy atom. The Morgan fingerprint density at radius 3 is 2.26 bits per heavy atom. The molecule has 0 heterocycles. The van der Waals surface area contributed by atoms with Crippen molar-refractivity contribution >= 4 is 0 Å². The predicted molar refractivity (Wildman–Crippen MR) is 82.4 cm³/mol. The Hall–Kier alpha value is -0.120. The Kier molecular flexibility index (Phi) is 7.96. The molecule has 0 bridgehead atoms. The molecule has 0 radical (unpaired) electrons. The summed E-state index contributed by atoms with van der Waals surface area (Å²) in [5.74, 6) is 0.622. The van der Waals surface area contributed by atoms with Crippen molar-refractivity contribution in [3.8, 4) is 0 Å². The number of likely N-dealkylation sites (N-methyl/N-ethyl adjacent to an activating group) is 1. The van der Waals surface area contributed by atoms with Crippen LogP contribution in [0.3, 0.4) is 0 Å². The summed E-state index contributed by atoms with van der Waals surface area (Å²) in [5.41, 5.74) is 6.40. The van der Waals surface area contributed by atoms with Gasteiger partial charge in [0.1, 0.15) is 0 Å². The van der Waals surface area contributed by atoms with Gasteiger partial charge in [-0.25, -0.2) is 0 Å². The highest BCUT2D eigenvalue weighted by Gasteiger charge is 2.34. The molecule has 3 nitrogen and oxygen atoms in total. The Morgan fingerprint density at radius 2 is 1.79 bits per heavy atom. The first kappa shape index (κ1) is 16.9. The Bertz CT molecular complexity index is 223. The maximum absolute atomic E-state index is 6.15. The molecular formula is C16H34N2O. The molecule has 2 N–H and O–H groups in total. The van der Waals surface area contributed by atoms with Crippen molar-refractivity contribution in [2.45, 2.75) is 64.8 Å². The first-order chi connectivity index (χ1) is 9.14. The molecule has 1 saturated carbocycles. The maximum atomic E-state index is 6.15. The average Bonchev–Trinajstić information content (AvgIpc) is 2.65. The second-order valence-corrected chi connectivity index (χ2v) is 6.39. The minimum Gasteiger partial charge on any atom is -0.380 e. The van der Waals surface area contributed by atoms with E-state index in [-0.39, 0.29) is 5.54 Å². The monoisotopic (exact) mass is 270 g/mol. The summed E-state index contributed by atoms with van der Waals surface area (Å²) in [4.78, 5) is 2.58. The van der Waals surface area contributed by atoms with Gasteiger partial charge in [-0.3, -0.25) is 4.90 Å². The second-order valence-electron chi connectivity index (χ2n) is 6.39. The third-order valence-electron chi connectivity index (χ3n) is 4.42. The van der Waals surface area contributed by atoms with E-state index in [2.05, 4.69) is 25.7 Å². The number of ether oxygens (including phenoxy) is 1. The van der Waals surface area contributed by atoms with Gasteiger partial charge in [0, 0.05) is 25.2 Å². The largest absolute Gasteiger partial charge is 0.380 e. The summed E-state index contributed by atoms with van der Waals surface area (Å²) in [5, 5.41) is 0. The Labute approximate surface area is 119 Å². The lowest BCUT2D eigenvalue weighted by atomic mass is 9.88. The molecular weight excluding hydrogens is 236 g/mol. The van der Waals surface area contributed by atoms with Crippen LogP contribution in [-0.4, -0.2) is 43.3 Å². The van der Waals surface area contributed by atoms with E-state index >= 15 is 0 Å². The molecule has 0 saturated heterocycles. The molecule has 0 atom stereocenters. The van der Waals surface area contributed by atoms with Gasteiger partial charge >= 0.3 is 0 Å². The zero-order valence-corrected chi connectivity index (χ0v) is 13.3. The fourth-order valence-corrected chi connectivity index (χ4v) is 3.26. The summed E-state index contributed by atoms with van der Waals surface area (Å²) in [6.07, 6.45) is 7.95. The average molecular weight is 270 g/mol. The van der Waals surface area contributed by atoms with E-state index in [1.54, 1.807) is 0 Å². The summed E-state index contributed by atoms with van der Waals surface area (Å²) in [6, 6.07) is 0. The van der Waals surface area contributed by atoms with Gasteiger partial charge in [-0.05, 0) is 25.3 Å². The van der Waals surface area contributed by atoms with Crippen LogP contribution in [-0.2, 0) is 4.74 Å². The van der Waals surface area contributed by atoms with Gasteiger partial charge in [-0.1, -0.05) is 46.5 Å². The van der Waals surface area contributed by atoms with Crippen LogP contribution in [0.4, 0.5) is 0 Å². The first-order valence-electron chi connectivity index (χ1n) is 8.17. The molecule has 1 fully saturated rings. The zero-order valence-electron chi connectivity index (χ0n) is 13.3. The molecule has 0 aromatic carbocycles. The van der Waals surface area contributed by atoms with Gasteiger partial charge in [-0.15, -0.1) is 0 Å². The highest BCUT2D eigenvalue weighted by atomic mass is 16.5. The summed E-state index contributed by atoms with van der Waals surface area (Å²) >= 11 is 0. The van der Waals surface area contributed by atoms with E-state index in [1.165, 1.54) is 38.5 Å². The quantitative estimate of drug-likeness (QED) is 0.544. The molecule has 19 heavy (non-hydrogen) atoms. The fourth-order valence-electron chi connectivity index (χ4n) is 3.26. The van der Waals surface area contributed by atoms with E-state index in [0.717, 1.165) is 32.8 Å². The molecule has 1 aliphatic rings. The summed E-state index contributed by atoms with van der Waals surface area (Å²) in [7, 11) is 0. The molecule has 0 aromatic heterocycles. The number of nitrogens with two attached hydrogens (primary N) is 1. The van der Waals surface area contributed by atoms with Gasteiger partial charge in [-0.2, -0.15) is 0 Å². The second kappa shape index (κ2) is 8.93. The van der Waals surface area contributed by atoms with Crippen LogP contribution in [0.5, 0.6) is 0 Å². The van der Waals surface area contributed by atoms with E-state index in [1.807, 2.05) is 0 Å². The fraction of sp³-hybridized carbons (Fsp3) is 1.00. The Balaban J connectivity index is 2.48. The molecule has 0 spiro atoms. The van der Waals surface area contributed by atoms with Crippen molar-refractivity contribution in [1.29, 1.82) is 0 Å². The van der Waals surface area contributed by atoms with Crippen LogP contribution in [0.2, 0.25) is 0 Å². The molecule has 1 aliphatic carbocycles. The number of hydrogen-bond acceptors (Lipinski definition) is 3. The van der Waals surface area contributed by atoms with Crippen molar-refractivity contribution in [2.75, 3.05) is 32.8 Å². The SMILES string of the molecule is CCN(CCOCC(C)C)C1(CN)CCCCCC1.